The maximum absolute atomic E-state index is 11.8. The van der Waals surface area contributed by atoms with E-state index in [1.54, 1.807) is 12.1 Å². The van der Waals surface area contributed by atoms with Gasteiger partial charge in [-0.2, -0.15) is 0 Å². The lowest BCUT2D eigenvalue weighted by atomic mass is 10.1. The zero-order valence-corrected chi connectivity index (χ0v) is 18.9. The summed E-state index contributed by atoms with van der Waals surface area (Å²) in [7, 11) is 4.64. The van der Waals surface area contributed by atoms with Gasteiger partial charge >= 0.3 is 11.9 Å². The van der Waals surface area contributed by atoms with Gasteiger partial charge in [0.1, 0.15) is 11.6 Å². The molecule has 1 heterocycles. The number of nitrogens with zero attached hydrogens (tertiary/aromatic N) is 2. The minimum absolute atomic E-state index is 0.267. The Bertz CT molecular complexity index is 797. The topological polar surface area (TPSA) is 79.7 Å². The standard InChI is InChI=1S/C24H34N2O5/c1-26-14-13-25-22(26)12-10-8-6-4-5-7-9-11-15-31-21-17-19(23(27)29-2)16-20(18-21)24(28)30-3/h13-14,16-18H,4-12,15H2,1-3H3. The molecule has 0 saturated carbocycles. The fourth-order valence-corrected chi connectivity index (χ4v) is 3.43. The summed E-state index contributed by atoms with van der Waals surface area (Å²) < 4.78 is 17.3. The van der Waals surface area contributed by atoms with Gasteiger partial charge in [-0.05, 0) is 31.0 Å². The molecule has 0 bridgehead atoms. The van der Waals surface area contributed by atoms with E-state index in [4.69, 9.17) is 14.2 Å². The Morgan fingerprint density at radius 1 is 0.839 bits per heavy atom. The van der Waals surface area contributed by atoms with Gasteiger partial charge in [-0.1, -0.05) is 38.5 Å². The van der Waals surface area contributed by atoms with E-state index in [0.717, 1.165) is 25.1 Å². The first-order valence-corrected chi connectivity index (χ1v) is 11.0. The number of esters is 2. The predicted octanol–water partition coefficient (Wildman–Crippen LogP) is 4.74. The molecular formula is C24H34N2O5. The summed E-state index contributed by atoms with van der Waals surface area (Å²) in [6, 6.07) is 4.62. The molecule has 0 N–H and O–H groups in total. The number of aromatic nitrogens is 2. The van der Waals surface area contributed by atoms with Gasteiger partial charge in [0.15, 0.2) is 0 Å². The molecule has 1 aromatic heterocycles. The van der Waals surface area contributed by atoms with Crippen molar-refractivity contribution in [2.75, 3.05) is 20.8 Å². The zero-order chi connectivity index (χ0) is 22.5. The molecule has 0 aliphatic rings. The molecule has 170 valence electrons. The Labute approximate surface area is 184 Å². The lowest BCUT2D eigenvalue weighted by Crippen LogP contribution is -2.08. The molecule has 0 aliphatic heterocycles. The third kappa shape index (κ3) is 8.44. The Balaban J connectivity index is 1.59. The molecule has 0 saturated heterocycles. The monoisotopic (exact) mass is 430 g/mol. The van der Waals surface area contributed by atoms with Crippen molar-refractivity contribution in [2.24, 2.45) is 7.05 Å². The molecule has 7 nitrogen and oxygen atoms in total. The van der Waals surface area contributed by atoms with Crippen molar-refractivity contribution in [2.45, 2.75) is 57.8 Å². The number of rotatable bonds is 14. The summed E-state index contributed by atoms with van der Waals surface area (Å²) in [4.78, 5) is 28.0. The number of ether oxygens (including phenoxy) is 3. The third-order valence-electron chi connectivity index (χ3n) is 5.23. The number of imidazole rings is 1. The average Bonchev–Trinajstić information content (AvgIpc) is 3.20. The van der Waals surface area contributed by atoms with E-state index in [-0.39, 0.29) is 11.1 Å². The van der Waals surface area contributed by atoms with Gasteiger partial charge in [0, 0.05) is 25.9 Å². The van der Waals surface area contributed by atoms with Gasteiger partial charge in [-0.15, -0.1) is 0 Å². The van der Waals surface area contributed by atoms with Crippen LogP contribution in [0, 0.1) is 0 Å². The van der Waals surface area contributed by atoms with Crippen LogP contribution in [0.1, 0.15) is 77.9 Å². The number of carbonyl (C=O) groups excluding carboxylic acids is 2. The lowest BCUT2D eigenvalue weighted by Gasteiger charge is -2.10. The second kappa shape index (κ2) is 13.5. The van der Waals surface area contributed by atoms with E-state index >= 15 is 0 Å². The maximum Gasteiger partial charge on any atom is 0.338 e. The van der Waals surface area contributed by atoms with Gasteiger partial charge in [0.25, 0.3) is 0 Å². The summed E-state index contributed by atoms with van der Waals surface area (Å²) in [5.41, 5.74) is 0.534. The highest BCUT2D eigenvalue weighted by Crippen LogP contribution is 2.20. The molecule has 0 atom stereocenters. The summed E-state index contributed by atoms with van der Waals surface area (Å²) in [6.07, 6.45) is 14.3. The van der Waals surface area contributed by atoms with Gasteiger partial charge < -0.3 is 18.8 Å². The van der Waals surface area contributed by atoms with Gasteiger partial charge in [-0.3, -0.25) is 0 Å². The normalized spacial score (nSPS) is 10.7. The van der Waals surface area contributed by atoms with Crippen LogP contribution in [0.15, 0.2) is 30.6 Å². The SMILES string of the molecule is COC(=O)c1cc(OCCCCCCCCCCc2nccn2C)cc(C(=O)OC)c1. The van der Waals surface area contributed by atoms with Crippen molar-refractivity contribution < 1.29 is 23.8 Å². The highest BCUT2D eigenvalue weighted by Gasteiger charge is 2.14. The molecule has 0 aliphatic carbocycles. The first kappa shape index (κ1) is 24.4. The highest BCUT2D eigenvalue weighted by atomic mass is 16.5. The summed E-state index contributed by atoms with van der Waals surface area (Å²) in [5, 5.41) is 0. The number of unbranched alkanes of at least 4 members (excludes halogenated alkanes) is 7. The van der Waals surface area contributed by atoms with E-state index in [1.165, 1.54) is 58.8 Å². The number of benzene rings is 1. The van der Waals surface area contributed by atoms with Crippen molar-refractivity contribution in [3.05, 3.63) is 47.5 Å². The quantitative estimate of drug-likeness (QED) is 0.318. The molecule has 0 amide bonds. The molecule has 0 fully saturated rings. The maximum atomic E-state index is 11.8. The van der Waals surface area contributed by atoms with Crippen molar-refractivity contribution in [3.8, 4) is 5.75 Å². The summed E-state index contributed by atoms with van der Waals surface area (Å²) in [5.74, 6) is 0.595. The number of carbonyl (C=O) groups is 2. The largest absolute Gasteiger partial charge is 0.494 e. The van der Waals surface area contributed by atoms with Crippen molar-refractivity contribution in [3.63, 3.8) is 0 Å². The molecule has 31 heavy (non-hydrogen) atoms. The average molecular weight is 431 g/mol. The minimum Gasteiger partial charge on any atom is -0.494 e. The number of methoxy groups -OCH3 is 2. The number of aryl methyl sites for hydroxylation is 2. The van der Waals surface area contributed by atoms with Crippen LogP contribution in [0.4, 0.5) is 0 Å². The van der Waals surface area contributed by atoms with E-state index in [2.05, 4.69) is 9.55 Å². The second-order valence-corrected chi connectivity index (χ2v) is 7.61. The van der Waals surface area contributed by atoms with Crippen LogP contribution in [-0.4, -0.2) is 42.3 Å². The fraction of sp³-hybridized carbons (Fsp3) is 0.542. The van der Waals surface area contributed by atoms with Crippen LogP contribution in [-0.2, 0) is 22.9 Å². The van der Waals surface area contributed by atoms with E-state index in [9.17, 15) is 9.59 Å². The summed E-state index contributed by atoms with van der Waals surface area (Å²) >= 11 is 0. The molecule has 2 rings (SSSR count). The number of hydrogen-bond acceptors (Lipinski definition) is 6. The van der Waals surface area contributed by atoms with Crippen molar-refractivity contribution in [1.29, 1.82) is 0 Å². The molecule has 0 radical (unpaired) electrons. The number of hydrogen-bond donors (Lipinski definition) is 0. The molecule has 7 heteroatoms. The molecular weight excluding hydrogens is 396 g/mol. The van der Waals surface area contributed by atoms with E-state index in [1.807, 2.05) is 19.4 Å². The smallest absolute Gasteiger partial charge is 0.338 e. The summed E-state index contributed by atoms with van der Waals surface area (Å²) in [6.45, 7) is 0.537. The minimum atomic E-state index is -0.518. The molecule has 0 spiro atoms. The Hall–Kier alpha value is -2.83. The fourth-order valence-electron chi connectivity index (χ4n) is 3.43. The van der Waals surface area contributed by atoms with Crippen LogP contribution in [0.2, 0.25) is 0 Å². The van der Waals surface area contributed by atoms with Crippen LogP contribution in [0.3, 0.4) is 0 Å². The third-order valence-corrected chi connectivity index (χ3v) is 5.23. The van der Waals surface area contributed by atoms with Crippen LogP contribution < -0.4 is 4.74 Å². The lowest BCUT2D eigenvalue weighted by molar-refractivity contribution is 0.0598. The Kier molecular flexibility index (Phi) is 10.6. The first-order valence-electron chi connectivity index (χ1n) is 11.0. The zero-order valence-electron chi connectivity index (χ0n) is 18.9. The van der Waals surface area contributed by atoms with Crippen LogP contribution in [0.5, 0.6) is 5.75 Å². The van der Waals surface area contributed by atoms with Gasteiger partial charge in [0.2, 0.25) is 0 Å². The molecule has 2 aromatic rings. The van der Waals surface area contributed by atoms with Gasteiger partial charge in [0.05, 0.1) is 32.0 Å². The second-order valence-electron chi connectivity index (χ2n) is 7.61. The predicted molar refractivity (Wildman–Crippen MR) is 118 cm³/mol. The van der Waals surface area contributed by atoms with E-state index < -0.39 is 11.9 Å². The van der Waals surface area contributed by atoms with E-state index in [0.29, 0.717) is 12.4 Å². The van der Waals surface area contributed by atoms with Crippen molar-refractivity contribution in [1.82, 2.24) is 9.55 Å². The highest BCUT2D eigenvalue weighted by molar-refractivity contribution is 5.96. The molecule has 1 aromatic carbocycles. The van der Waals surface area contributed by atoms with Crippen LogP contribution in [0.25, 0.3) is 0 Å². The first-order chi connectivity index (χ1) is 15.0. The van der Waals surface area contributed by atoms with Gasteiger partial charge in [-0.25, -0.2) is 14.6 Å². The van der Waals surface area contributed by atoms with Crippen molar-refractivity contribution >= 4 is 11.9 Å². The Morgan fingerprint density at radius 3 is 1.90 bits per heavy atom. The Morgan fingerprint density at radius 2 is 1.39 bits per heavy atom. The molecule has 0 unspecified atom stereocenters. The van der Waals surface area contributed by atoms with Crippen LogP contribution >= 0.6 is 0 Å².